The summed E-state index contributed by atoms with van der Waals surface area (Å²) < 4.78 is 11.2. The molecule has 0 radical (unpaired) electrons. The number of nitrogens with one attached hydrogen (secondary N) is 1. The highest BCUT2D eigenvalue weighted by molar-refractivity contribution is 5.97. The van der Waals surface area contributed by atoms with Gasteiger partial charge in [0.05, 0.1) is 12.7 Å². The zero-order chi connectivity index (χ0) is 25.6. The largest absolute Gasteiger partial charge is 0.496 e. The van der Waals surface area contributed by atoms with Gasteiger partial charge in [-0.05, 0) is 69.1 Å². The second-order valence-electron chi connectivity index (χ2n) is 10.2. The number of aliphatic hydroxyl groups is 1. The molecule has 0 unspecified atom stereocenters. The Labute approximate surface area is 213 Å². The molecule has 0 spiro atoms. The molecule has 7 heteroatoms. The van der Waals surface area contributed by atoms with E-state index in [0.717, 1.165) is 32.1 Å². The van der Waals surface area contributed by atoms with Crippen LogP contribution in [0.15, 0.2) is 54.6 Å². The highest BCUT2D eigenvalue weighted by atomic mass is 16.6. The van der Waals surface area contributed by atoms with Gasteiger partial charge >= 0.3 is 6.09 Å². The molecular formula is C29H38N2O5. The predicted molar refractivity (Wildman–Crippen MR) is 138 cm³/mol. The van der Waals surface area contributed by atoms with Gasteiger partial charge in [0.2, 0.25) is 0 Å². The van der Waals surface area contributed by atoms with E-state index < -0.39 is 11.8 Å². The van der Waals surface area contributed by atoms with Gasteiger partial charge in [0, 0.05) is 19.0 Å². The lowest BCUT2D eigenvalue weighted by Crippen LogP contribution is -2.52. The summed E-state index contributed by atoms with van der Waals surface area (Å²) in [5, 5.41) is 14.0. The molecule has 0 atom stereocenters. The van der Waals surface area contributed by atoms with Crippen LogP contribution in [0.1, 0.15) is 73.7 Å². The molecule has 2 saturated carbocycles. The van der Waals surface area contributed by atoms with Crippen molar-refractivity contribution in [3.63, 3.8) is 0 Å². The van der Waals surface area contributed by atoms with E-state index in [0.29, 0.717) is 43.5 Å². The van der Waals surface area contributed by atoms with Crippen LogP contribution < -0.4 is 10.1 Å². The number of para-hydroxylation sites is 1. The zero-order valence-electron chi connectivity index (χ0n) is 21.4. The lowest BCUT2D eigenvalue weighted by Gasteiger charge is -2.42. The third-order valence-electron chi connectivity index (χ3n) is 8.03. The van der Waals surface area contributed by atoms with E-state index >= 15 is 0 Å². The number of methoxy groups -OCH3 is 1. The molecule has 36 heavy (non-hydrogen) atoms. The molecule has 2 fully saturated rings. The third-order valence-corrected chi connectivity index (χ3v) is 8.03. The minimum absolute atomic E-state index is 0.168. The van der Waals surface area contributed by atoms with Gasteiger partial charge in [-0.25, -0.2) is 4.79 Å². The fraction of sp³-hybridized carbons (Fsp3) is 0.517. The standard InChI is InChI=1S/C29H38N2O5/c1-31(29(34)17-9-4-10-18-29)27(33)36-23-15-19-28(20-16-23,22-11-5-3-6-12-22)21-30-26(32)24-13-7-8-14-25(24)35-2/h3,5-8,11-14,23,34H,4,9-10,15-21H2,1-2H3,(H,30,32). The van der Waals surface area contributed by atoms with Gasteiger partial charge in [-0.1, -0.05) is 48.9 Å². The number of hydrogen-bond acceptors (Lipinski definition) is 5. The van der Waals surface area contributed by atoms with Crippen molar-refractivity contribution < 1.29 is 24.2 Å². The quantitative estimate of drug-likeness (QED) is 0.528. The molecule has 2 amide bonds. The van der Waals surface area contributed by atoms with Gasteiger partial charge in [0.15, 0.2) is 0 Å². The maximum absolute atomic E-state index is 13.0. The highest BCUT2D eigenvalue weighted by Gasteiger charge is 2.41. The lowest BCUT2D eigenvalue weighted by atomic mass is 9.68. The van der Waals surface area contributed by atoms with Crippen LogP contribution in [-0.2, 0) is 10.2 Å². The van der Waals surface area contributed by atoms with E-state index in [-0.39, 0.29) is 17.4 Å². The van der Waals surface area contributed by atoms with E-state index in [9.17, 15) is 14.7 Å². The monoisotopic (exact) mass is 494 g/mol. The molecule has 194 valence electrons. The maximum atomic E-state index is 13.0. The molecule has 2 aliphatic rings. The minimum Gasteiger partial charge on any atom is -0.496 e. The Morgan fingerprint density at radius 1 is 0.972 bits per heavy atom. The van der Waals surface area contributed by atoms with Crippen molar-refractivity contribution in [1.82, 2.24) is 10.2 Å². The first kappa shape index (κ1) is 26.0. The smallest absolute Gasteiger partial charge is 0.412 e. The number of rotatable bonds is 7. The van der Waals surface area contributed by atoms with E-state index in [4.69, 9.17) is 9.47 Å². The van der Waals surface area contributed by atoms with E-state index in [1.807, 2.05) is 30.3 Å². The number of nitrogens with zero attached hydrogens (tertiary/aromatic N) is 1. The van der Waals surface area contributed by atoms with Crippen LogP contribution in [0.3, 0.4) is 0 Å². The predicted octanol–water partition coefficient (Wildman–Crippen LogP) is 5.03. The van der Waals surface area contributed by atoms with Crippen LogP contribution in [0.5, 0.6) is 5.75 Å². The van der Waals surface area contributed by atoms with Crippen molar-refractivity contribution in [2.24, 2.45) is 0 Å². The lowest BCUT2D eigenvalue weighted by molar-refractivity contribution is -0.113. The third kappa shape index (κ3) is 5.67. The minimum atomic E-state index is -1.11. The number of amides is 2. The number of ether oxygens (including phenoxy) is 2. The zero-order valence-corrected chi connectivity index (χ0v) is 21.4. The van der Waals surface area contributed by atoms with E-state index in [1.54, 1.807) is 26.3 Å². The molecule has 7 nitrogen and oxygen atoms in total. The Morgan fingerprint density at radius 2 is 1.61 bits per heavy atom. The van der Waals surface area contributed by atoms with Gasteiger partial charge in [-0.3, -0.25) is 9.69 Å². The van der Waals surface area contributed by atoms with E-state index in [1.165, 1.54) is 10.5 Å². The summed E-state index contributed by atoms with van der Waals surface area (Å²) in [5.41, 5.74) is 0.314. The molecule has 2 aliphatic carbocycles. The van der Waals surface area contributed by atoms with Crippen molar-refractivity contribution in [1.29, 1.82) is 0 Å². The summed E-state index contributed by atoms with van der Waals surface area (Å²) in [6, 6.07) is 17.4. The molecule has 2 aromatic carbocycles. The van der Waals surface area contributed by atoms with Crippen molar-refractivity contribution in [2.75, 3.05) is 20.7 Å². The van der Waals surface area contributed by atoms with Crippen LogP contribution in [0.25, 0.3) is 0 Å². The molecule has 2 N–H and O–H groups in total. The van der Waals surface area contributed by atoms with Crippen LogP contribution >= 0.6 is 0 Å². The Hall–Kier alpha value is -3.06. The highest BCUT2D eigenvalue weighted by Crippen LogP contribution is 2.40. The summed E-state index contributed by atoms with van der Waals surface area (Å²) in [4.78, 5) is 27.3. The van der Waals surface area contributed by atoms with Crippen LogP contribution in [0.2, 0.25) is 0 Å². The summed E-state index contributed by atoms with van der Waals surface area (Å²) >= 11 is 0. The van der Waals surface area contributed by atoms with Crippen LogP contribution in [-0.4, -0.2) is 54.5 Å². The van der Waals surface area contributed by atoms with Crippen molar-refractivity contribution in [3.8, 4) is 5.75 Å². The molecule has 0 heterocycles. The van der Waals surface area contributed by atoms with E-state index in [2.05, 4.69) is 17.4 Å². The Kier molecular flexibility index (Phi) is 8.19. The van der Waals surface area contributed by atoms with Crippen molar-refractivity contribution >= 4 is 12.0 Å². The molecule has 0 bridgehead atoms. The second-order valence-corrected chi connectivity index (χ2v) is 10.2. The molecule has 0 aliphatic heterocycles. The normalized spacial score (nSPS) is 23.4. The first-order valence-electron chi connectivity index (χ1n) is 13.0. The fourth-order valence-electron chi connectivity index (χ4n) is 5.64. The van der Waals surface area contributed by atoms with Crippen molar-refractivity contribution in [2.45, 2.75) is 75.0 Å². The average molecular weight is 495 g/mol. The first-order valence-corrected chi connectivity index (χ1v) is 13.0. The Balaban J connectivity index is 1.41. The summed E-state index contributed by atoms with van der Waals surface area (Å²) in [6.07, 6.45) is 6.35. The molecule has 2 aromatic rings. The number of benzene rings is 2. The van der Waals surface area contributed by atoms with Gasteiger partial charge < -0.3 is 19.9 Å². The fourth-order valence-corrected chi connectivity index (χ4v) is 5.64. The second kappa shape index (κ2) is 11.3. The van der Waals surface area contributed by atoms with Crippen LogP contribution in [0, 0.1) is 0 Å². The van der Waals surface area contributed by atoms with Crippen LogP contribution in [0.4, 0.5) is 4.79 Å². The molecule has 0 saturated heterocycles. The number of hydrogen-bond donors (Lipinski definition) is 2. The SMILES string of the molecule is COc1ccccc1C(=O)NCC1(c2ccccc2)CCC(OC(=O)N(C)C2(O)CCCCC2)CC1. The topological polar surface area (TPSA) is 88.1 Å². The maximum Gasteiger partial charge on any atom is 0.412 e. The average Bonchev–Trinajstić information content (AvgIpc) is 2.93. The summed E-state index contributed by atoms with van der Waals surface area (Å²) in [7, 11) is 3.20. The van der Waals surface area contributed by atoms with Gasteiger partial charge in [0.1, 0.15) is 17.6 Å². The number of carbonyl (C=O) groups is 2. The summed E-state index contributed by atoms with van der Waals surface area (Å²) in [6.45, 7) is 0.480. The molecular weight excluding hydrogens is 456 g/mol. The Bertz CT molecular complexity index is 1030. The molecule has 0 aromatic heterocycles. The van der Waals surface area contributed by atoms with Crippen molar-refractivity contribution in [3.05, 3.63) is 65.7 Å². The number of carbonyl (C=O) groups excluding carboxylic acids is 2. The van der Waals surface area contributed by atoms with Gasteiger partial charge in [-0.15, -0.1) is 0 Å². The van der Waals surface area contributed by atoms with Gasteiger partial charge in [-0.2, -0.15) is 0 Å². The summed E-state index contributed by atoms with van der Waals surface area (Å²) in [5.74, 6) is 0.377. The van der Waals surface area contributed by atoms with Gasteiger partial charge in [0.25, 0.3) is 5.91 Å². The first-order chi connectivity index (χ1) is 17.4. The molecule has 4 rings (SSSR count). The Morgan fingerprint density at radius 3 is 2.28 bits per heavy atom.